The number of carbonyl (C=O) groups excluding carboxylic acids is 1. The zero-order valence-electron chi connectivity index (χ0n) is 7.78. The number of ether oxygens (including phenoxy) is 1. The Bertz CT molecular complexity index is 521. The fraction of sp³-hybridized carbons (Fsp3) is 0.143. The van der Waals surface area contributed by atoms with E-state index in [1.807, 2.05) is 4.98 Å². The zero-order valence-corrected chi connectivity index (χ0v) is 7.78. The van der Waals surface area contributed by atoms with Gasteiger partial charge in [-0.1, -0.05) is 0 Å². The summed E-state index contributed by atoms with van der Waals surface area (Å²) in [5.74, 6) is -1.31. The highest BCUT2D eigenvalue weighted by Gasteiger charge is 2.34. The first-order chi connectivity index (χ1) is 7.76. The van der Waals surface area contributed by atoms with Gasteiger partial charge in [-0.25, -0.2) is 0 Å². The summed E-state index contributed by atoms with van der Waals surface area (Å²) < 4.78 is 38.7. The quantitative estimate of drug-likeness (QED) is 0.491. The highest BCUT2D eigenvalue weighted by atomic mass is 19.4. The first-order valence-corrected chi connectivity index (χ1v) is 3.87. The van der Waals surface area contributed by atoms with E-state index < -0.39 is 33.8 Å². The molecule has 0 atom stereocenters. The van der Waals surface area contributed by atoms with Gasteiger partial charge in [0.05, 0.1) is 4.92 Å². The minimum Gasteiger partial charge on any atom is -0.400 e. The van der Waals surface area contributed by atoms with Gasteiger partial charge < -0.3 is 9.72 Å². The van der Waals surface area contributed by atoms with Crippen LogP contribution in [0.15, 0.2) is 11.0 Å². The van der Waals surface area contributed by atoms with Crippen LogP contribution in [0.1, 0.15) is 10.5 Å². The molecule has 0 bridgehead atoms. The smallest absolute Gasteiger partial charge is 0.400 e. The Kier molecular flexibility index (Phi) is 3.16. The fourth-order valence-electron chi connectivity index (χ4n) is 0.988. The lowest BCUT2D eigenvalue weighted by Gasteiger charge is -2.07. The maximum atomic E-state index is 11.8. The van der Waals surface area contributed by atoms with Gasteiger partial charge in [0.1, 0.15) is 0 Å². The molecule has 0 spiro atoms. The number of hydrogen-bond acceptors (Lipinski definition) is 5. The van der Waals surface area contributed by atoms with Crippen molar-refractivity contribution in [2.45, 2.75) is 6.36 Å². The number of aromatic nitrogens is 1. The Morgan fingerprint density at radius 3 is 2.47 bits per heavy atom. The third-order valence-electron chi connectivity index (χ3n) is 1.58. The van der Waals surface area contributed by atoms with E-state index >= 15 is 0 Å². The van der Waals surface area contributed by atoms with Gasteiger partial charge in [-0.3, -0.25) is 19.7 Å². The number of halogens is 3. The Morgan fingerprint density at radius 1 is 1.47 bits per heavy atom. The molecule has 0 fully saturated rings. The molecule has 0 amide bonds. The molecule has 1 N–H and O–H groups in total. The Hall–Kier alpha value is -2.39. The second-order valence-corrected chi connectivity index (χ2v) is 2.67. The van der Waals surface area contributed by atoms with Crippen molar-refractivity contribution in [2.24, 2.45) is 0 Å². The molecule has 0 saturated heterocycles. The molecular weight excluding hydrogens is 249 g/mol. The van der Waals surface area contributed by atoms with Gasteiger partial charge in [0, 0.05) is 6.20 Å². The van der Waals surface area contributed by atoms with Crippen LogP contribution in [0.3, 0.4) is 0 Å². The van der Waals surface area contributed by atoms with Crippen molar-refractivity contribution in [3.05, 3.63) is 32.2 Å². The van der Waals surface area contributed by atoms with E-state index in [-0.39, 0.29) is 6.29 Å². The molecule has 1 aromatic rings. The number of rotatable bonds is 3. The number of aldehydes is 1. The summed E-state index contributed by atoms with van der Waals surface area (Å²) >= 11 is 0. The molecular formula is C7H3F3N2O5. The van der Waals surface area contributed by atoms with Crippen molar-refractivity contribution in [3.63, 3.8) is 0 Å². The number of nitrogens with one attached hydrogen (secondary N) is 1. The van der Waals surface area contributed by atoms with E-state index in [2.05, 4.69) is 4.74 Å². The molecule has 1 aromatic heterocycles. The minimum absolute atomic E-state index is 0.0586. The number of nitrogens with zero attached hydrogens (tertiary/aromatic N) is 1. The summed E-state index contributed by atoms with van der Waals surface area (Å²) in [5, 5.41) is 10.4. The van der Waals surface area contributed by atoms with E-state index in [9.17, 15) is 32.9 Å². The molecule has 0 aliphatic heterocycles. The van der Waals surface area contributed by atoms with E-state index in [0.717, 1.165) is 0 Å². The number of H-pyrrole nitrogens is 1. The molecule has 1 rings (SSSR count). The van der Waals surface area contributed by atoms with Crippen molar-refractivity contribution < 1.29 is 27.6 Å². The van der Waals surface area contributed by atoms with E-state index in [4.69, 9.17) is 0 Å². The molecule has 7 nitrogen and oxygen atoms in total. The molecule has 0 aromatic carbocycles. The molecule has 10 heteroatoms. The summed E-state index contributed by atoms with van der Waals surface area (Å²) in [7, 11) is 0. The Morgan fingerprint density at radius 2 is 2.06 bits per heavy atom. The monoisotopic (exact) mass is 252 g/mol. The van der Waals surface area contributed by atoms with Crippen LogP contribution in [0, 0.1) is 10.1 Å². The van der Waals surface area contributed by atoms with Gasteiger partial charge in [0.15, 0.2) is 17.7 Å². The van der Waals surface area contributed by atoms with Crippen molar-refractivity contribution in [3.8, 4) is 5.75 Å². The van der Waals surface area contributed by atoms with Crippen molar-refractivity contribution in [1.29, 1.82) is 0 Å². The van der Waals surface area contributed by atoms with Crippen molar-refractivity contribution in [1.82, 2.24) is 4.98 Å². The van der Waals surface area contributed by atoms with Gasteiger partial charge in [-0.15, -0.1) is 13.2 Å². The van der Waals surface area contributed by atoms with Crippen LogP contribution in [0.4, 0.5) is 18.9 Å². The SMILES string of the molecule is O=Cc1[nH]cc(OC(F)(F)F)c(=O)c1[N+](=O)[O-]. The predicted molar refractivity (Wildman–Crippen MR) is 45.8 cm³/mol. The summed E-state index contributed by atoms with van der Waals surface area (Å²) in [6.07, 6.45) is -4.80. The van der Waals surface area contributed by atoms with Crippen LogP contribution in [0.2, 0.25) is 0 Å². The van der Waals surface area contributed by atoms with Crippen molar-refractivity contribution in [2.75, 3.05) is 0 Å². The third-order valence-corrected chi connectivity index (χ3v) is 1.58. The lowest BCUT2D eigenvalue weighted by Crippen LogP contribution is -2.23. The first kappa shape index (κ1) is 12.7. The summed E-state index contributed by atoms with van der Waals surface area (Å²) in [5.41, 5.74) is -3.68. The largest absolute Gasteiger partial charge is 0.573 e. The van der Waals surface area contributed by atoms with Crippen LogP contribution < -0.4 is 10.2 Å². The highest BCUT2D eigenvalue weighted by molar-refractivity contribution is 5.78. The Balaban J connectivity index is 3.39. The summed E-state index contributed by atoms with van der Waals surface area (Å²) in [4.78, 5) is 32.6. The number of aromatic amines is 1. The normalized spacial score (nSPS) is 11.0. The first-order valence-electron chi connectivity index (χ1n) is 3.87. The second-order valence-electron chi connectivity index (χ2n) is 2.67. The van der Waals surface area contributed by atoms with Gasteiger partial charge in [-0.2, -0.15) is 0 Å². The predicted octanol–water partition coefficient (Wildman–Crippen LogP) is 0.994. The fourth-order valence-corrected chi connectivity index (χ4v) is 0.988. The summed E-state index contributed by atoms with van der Waals surface area (Å²) in [6.45, 7) is 0. The Labute approximate surface area is 90.0 Å². The van der Waals surface area contributed by atoms with Crippen LogP contribution in [-0.4, -0.2) is 22.6 Å². The maximum absolute atomic E-state index is 11.8. The van der Waals surface area contributed by atoms with E-state index in [0.29, 0.717) is 6.20 Å². The van der Waals surface area contributed by atoms with Gasteiger partial charge in [0.25, 0.3) is 0 Å². The minimum atomic E-state index is -5.16. The average Bonchev–Trinajstić information content (AvgIpc) is 2.18. The van der Waals surface area contributed by atoms with E-state index in [1.165, 1.54) is 0 Å². The maximum Gasteiger partial charge on any atom is 0.573 e. The van der Waals surface area contributed by atoms with E-state index in [1.54, 1.807) is 0 Å². The second kappa shape index (κ2) is 4.23. The molecule has 0 radical (unpaired) electrons. The molecule has 1 heterocycles. The number of hydrogen-bond donors (Lipinski definition) is 1. The lowest BCUT2D eigenvalue weighted by molar-refractivity contribution is -0.386. The molecule has 17 heavy (non-hydrogen) atoms. The molecule has 0 saturated carbocycles. The number of nitro groups is 1. The molecule has 0 aliphatic rings. The number of pyridine rings is 1. The van der Waals surface area contributed by atoms with Gasteiger partial charge in [-0.05, 0) is 0 Å². The third kappa shape index (κ3) is 2.80. The van der Waals surface area contributed by atoms with Crippen molar-refractivity contribution >= 4 is 12.0 Å². The van der Waals surface area contributed by atoms with Gasteiger partial charge >= 0.3 is 17.5 Å². The molecule has 0 aliphatic carbocycles. The average molecular weight is 252 g/mol. The lowest BCUT2D eigenvalue weighted by atomic mass is 10.3. The number of carbonyl (C=O) groups is 1. The van der Waals surface area contributed by atoms with Crippen LogP contribution in [0.25, 0.3) is 0 Å². The van der Waals surface area contributed by atoms with Crippen LogP contribution in [0.5, 0.6) is 5.75 Å². The molecule has 0 unspecified atom stereocenters. The van der Waals surface area contributed by atoms with Crippen LogP contribution in [-0.2, 0) is 0 Å². The standard InChI is InChI=1S/C7H3F3N2O5/c8-7(9,10)17-4-1-11-3(2-13)5(6(4)14)12(15)16/h1-2H,(H,11,14). The zero-order chi connectivity index (χ0) is 13.2. The van der Waals surface area contributed by atoms with Crippen LogP contribution >= 0.6 is 0 Å². The topological polar surface area (TPSA) is 102 Å². The van der Waals surface area contributed by atoms with Gasteiger partial charge in [0.2, 0.25) is 0 Å². The molecule has 92 valence electrons. The highest BCUT2D eigenvalue weighted by Crippen LogP contribution is 2.21. The number of alkyl halides is 3. The summed E-state index contributed by atoms with van der Waals surface area (Å²) in [6, 6.07) is 0.